The summed E-state index contributed by atoms with van der Waals surface area (Å²) in [4.78, 5) is 16.3. The van der Waals surface area contributed by atoms with Gasteiger partial charge in [0.2, 0.25) is 0 Å². The molecule has 0 aliphatic rings. The first-order chi connectivity index (χ1) is 15.2. The molecule has 200 valence electrons. The first-order valence-corrected chi connectivity index (χ1v) is 10.7. The highest BCUT2D eigenvalue weighted by molar-refractivity contribution is 5.14. The normalized spacial score (nSPS) is 8.22. The molecule has 0 atom stereocenters. The topological polar surface area (TPSA) is 51.6 Å². The van der Waals surface area contributed by atoms with Crippen molar-refractivity contribution in [2.75, 3.05) is 0 Å². The van der Waals surface area contributed by atoms with Crippen molar-refractivity contribution in [1.82, 2.24) is 19.9 Å². The molecule has 0 spiro atoms. The highest BCUT2D eigenvalue weighted by atomic mass is 14.7. The molecule has 4 heteroatoms. The monoisotopic (exact) mass is 492 g/mol. The lowest BCUT2D eigenvalue weighted by Crippen LogP contribution is -1.81. The minimum absolute atomic E-state index is 0. The Labute approximate surface area is 223 Å². The molecule has 4 aromatic rings. The molecule has 36 heavy (non-hydrogen) atoms. The number of aryl methyl sites for hydroxylation is 8. The fourth-order valence-corrected chi connectivity index (χ4v) is 2.61. The van der Waals surface area contributed by atoms with Crippen LogP contribution in [0.4, 0.5) is 0 Å². The minimum atomic E-state index is 0. The first-order valence-electron chi connectivity index (χ1n) is 10.7. The Morgan fingerprint density at radius 2 is 1.00 bits per heavy atom. The smallest absolute Gasteiger partial charge is 0.0375 e. The third-order valence-corrected chi connectivity index (χ3v) is 4.15. The summed E-state index contributed by atoms with van der Waals surface area (Å²) in [5.74, 6) is 0. The van der Waals surface area contributed by atoms with Gasteiger partial charge in [-0.25, -0.2) is 0 Å². The van der Waals surface area contributed by atoms with Crippen molar-refractivity contribution in [2.24, 2.45) is 0 Å². The molecule has 4 nitrogen and oxygen atoms in total. The van der Waals surface area contributed by atoms with Crippen LogP contribution in [0.5, 0.6) is 0 Å². The van der Waals surface area contributed by atoms with Crippen molar-refractivity contribution in [3.05, 3.63) is 118 Å². The molecule has 4 heterocycles. The van der Waals surface area contributed by atoms with Gasteiger partial charge in [-0.05, 0) is 108 Å². The molecule has 4 aromatic heterocycles. The van der Waals surface area contributed by atoms with Crippen LogP contribution < -0.4 is 0 Å². The van der Waals surface area contributed by atoms with Crippen LogP contribution in [-0.2, 0) is 0 Å². The average molecular weight is 493 g/mol. The number of rotatable bonds is 0. The van der Waals surface area contributed by atoms with Crippen molar-refractivity contribution >= 4 is 0 Å². The van der Waals surface area contributed by atoms with Crippen LogP contribution >= 0.6 is 0 Å². The van der Waals surface area contributed by atoms with Gasteiger partial charge in [-0.2, -0.15) is 0 Å². The van der Waals surface area contributed by atoms with Crippen molar-refractivity contribution in [3.8, 4) is 0 Å². The first kappa shape index (κ1) is 39.8. The van der Waals surface area contributed by atoms with Crippen LogP contribution in [0, 0.1) is 55.4 Å². The van der Waals surface area contributed by atoms with Crippen molar-refractivity contribution in [1.29, 1.82) is 0 Å². The van der Waals surface area contributed by atoms with E-state index >= 15 is 0 Å². The second-order valence-corrected chi connectivity index (χ2v) is 7.91. The molecule has 0 fully saturated rings. The molecule has 0 bridgehead atoms. The Kier molecular flexibility index (Phi) is 24.4. The number of hydrogen-bond acceptors (Lipinski definition) is 4. The third-order valence-electron chi connectivity index (χ3n) is 4.15. The van der Waals surface area contributed by atoms with Gasteiger partial charge in [-0.15, -0.1) is 0 Å². The molecule has 0 saturated heterocycles. The predicted octanol–water partition coefficient (Wildman–Crippen LogP) is 9.34. The Bertz CT molecular complexity index is 881. The molecular weight excluding hydrogens is 440 g/mol. The lowest BCUT2D eigenvalue weighted by Gasteiger charge is -1.90. The summed E-state index contributed by atoms with van der Waals surface area (Å²) in [6.45, 7) is 16.1. The van der Waals surface area contributed by atoms with E-state index in [1.54, 1.807) is 0 Å². The SMILES string of the molecule is C.C.C.C.Cc1ccc(C)nc1.Cc1cccc(C)n1.Cc1ccnc(C)c1.Cc1cncc(C)c1. The molecule has 0 saturated carbocycles. The van der Waals surface area contributed by atoms with Gasteiger partial charge in [0, 0.05) is 47.6 Å². The standard InChI is InChI=1S/4C7H9N.4CH4/c1-6-3-7(2)5-8-4-6;1-6-3-4-8-7(2)5-6;1-6-3-4-7(2)8-5-6;1-6-4-3-5-7(2)8-6;;;;/h4*3-5H,1-2H3;4*1H4. The van der Waals surface area contributed by atoms with E-state index in [-0.39, 0.29) is 29.7 Å². The number of nitrogens with zero attached hydrogens (tertiary/aromatic N) is 4. The van der Waals surface area contributed by atoms with Crippen LogP contribution in [0.2, 0.25) is 0 Å². The Morgan fingerprint density at radius 1 is 0.444 bits per heavy atom. The van der Waals surface area contributed by atoms with E-state index in [4.69, 9.17) is 0 Å². The minimum Gasteiger partial charge on any atom is -0.264 e. The van der Waals surface area contributed by atoms with E-state index in [2.05, 4.69) is 45.1 Å². The van der Waals surface area contributed by atoms with Gasteiger partial charge in [-0.3, -0.25) is 19.9 Å². The molecule has 0 N–H and O–H groups in total. The molecule has 0 amide bonds. The maximum Gasteiger partial charge on any atom is 0.0375 e. The average Bonchev–Trinajstić information content (AvgIpc) is 2.71. The fourth-order valence-electron chi connectivity index (χ4n) is 2.61. The van der Waals surface area contributed by atoms with E-state index in [1.807, 2.05) is 104 Å². The highest BCUT2D eigenvalue weighted by Gasteiger charge is 1.84. The van der Waals surface area contributed by atoms with E-state index in [1.165, 1.54) is 22.3 Å². The van der Waals surface area contributed by atoms with E-state index in [0.717, 1.165) is 22.8 Å². The molecule has 0 radical (unpaired) electrons. The number of hydrogen-bond donors (Lipinski definition) is 0. The second kappa shape index (κ2) is 22.1. The van der Waals surface area contributed by atoms with Crippen molar-refractivity contribution in [2.45, 2.75) is 85.1 Å². The van der Waals surface area contributed by atoms with Crippen molar-refractivity contribution < 1.29 is 0 Å². The van der Waals surface area contributed by atoms with Crippen LogP contribution in [0.1, 0.15) is 74.7 Å². The maximum atomic E-state index is 4.17. The molecule has 0 aliphatic carbocycles. The number of aromatic nitrogens is 4. The Balaban J connectivity index is -0.000000183. The lowest BCUT2D eigenvalue weighted by molar-refractivity contribution is 1.12. The van der Waals surface area contributed by atoms with Gasteiger partial charge in [0.15, 0.2) is 0 Å². The summed E-state index contributed by atoms with van der Waals surface area (Å²) in [5.41, 5.74) is 9.29. The highest BCUT2D eigenvalue weighted by Crippen LogP contribution is 1.97. The van der Waals surface area contributed by atoms with Crippen molar-refractivity contribution in [3.63, 3.8) is 0 Å². The van der Waals surface area contributed by atoms with Crippen LogP contribution in [0.25, 0.3) is 0 Å². The summed E-state index contributed by atoms with van der Waals surface area (Å²) in [7, 11) is 0. The Hall–Kier alpha value is -3.40. The zero-order valence-corrected chi connectivity index (χ0v) is 20.7. The third kappa shape index (κ3) is 20.0. The van der Waals surface area contributed by atoms with Crippen LogP contribution in [0.15, 0.2) is 73.3 Å². The molecule has 4 rings (SSSR count). The van der Waals surface area contributed by atoms with Gasteiger partial charge in [0.1, 0.15) is 0 Å². The fraction of sp³-hybridized carbons (Fsp3) is 0.375. The van der Waals surface area contributed by atoms with Crippen LogP contribution in [0.3, 0.4) is 0 Å². The van der Waals surface area contributed by atoms with E-state index in [9.17, 15) is 0 Å². The van der Waals surface area contributed by atoms with Gasteiger partial charge < -0.3 is 0 Å². The van der Waals surface area contributed by atoms with Gasteiger partial charge >= 0.3 is 0 Å². The van der Waals surface area contributed by atoms with Gasteiger partial charge in [0.05, 0.1) is 0 Å². The predicted molar refractivity (Wildman–Crippen MR) is 162 cm³/mol. The molecule has 0 aromatic carbocycles. The zero-order chi connectivity index (χ0) is 23.9. The van der Waals surface area contributed by atoms with Gasteiger partial charge in [-0.1, -0.05) is 47.9 Å². The van der Waals surface area contributed by atoms with Gasteiger partial charge in [0.25, 0.3) is 0 Å². The summed E-state index contributed by atoms with van der Waals surface area (Å²) >= 11 is 0. The lowest BCUT2D eigenvalue weighted by atomic mass is 10.2. The molecule has 0 aliphatic heterocycles. The summed E-state index contributed by atoms with van der Waals surface area (Å²) in [5, 5.41) is 0. The zero-order valence-electron chi connectivity index (χ0n) is 20.7. The molecular formula is C32H52N4. The largest absolute Gasteiger partial charge is 0.264 e. The van der Waals surface area contributed by atoms with Crippen LogP contribution in [-0.4, -0.2) is 19.9 Å². The number of pyridine rings is 4. The second-order valence-electron chi connectivity index (χ2n) is 7.91. The quantitative estimate of drug-likeness (QED) is 0.245. The Morgan fingerprint density at radius 3 is 1.28 bits per heavy atom. The van der Waals surface area contributed by atoms with E-state index < -0.39 is 0 Å². The molecule has 0 unspecified atom stereocenters. The summed E-state index contributed by atoms with van der Waals surface area (Å²) in [6.07, 6.45) is 7.40. The summed E-state index contributed by atoms with van der Waals surface area (Å²) in [6, 6.07) is 16.2. The summed E-state index contributed by atoms with van der Waals surface area (Å²) < 4.78 is 0. The maximum absolute atomic E-state index is 4.17. The van der Waals surface area contributed by atoms with E-state index in [0.29, 0.717) is 0 Å².